The van der Waals surface area contributed by atoms with Crippen molar-refractivity contribution in [2.45, 2.75) is 25.6 Å². The minimum atomic E-state index is -0.271. The van der Waals surface area contributed by atoms with E-state index in [1.165, 1.54) is 0 Å². The number of hydrogen-bond acceptors (Lipinski definition) is 3. The summed E-state index contributed by atoms with van der Waals surface area (Å²) in [6.07, 6.45) is 1.34. The van der Waals surface area contributed by atoms with Crippen molar-refractivity contribution < 1.29 is 14.3 Å². The lowest BCUT2D eigenvalue weighted by Crippen LogP contribution is -2.42. The van der Waals surface area contributed by atoms with E-state index in [4.69, 9.17) is 21.1 Å². The summed E-state index contributed by atoms with van der Waals surface area (Å²) in [7, 11) is 0. The maximum atomic E-state index is 12.2. The first-order valence-corrected chi connectivity index (χ1v) is 9.35. The van der Waals surface area contributed by atoms with E-state index in [1.807, 2.05) is 42.5 Å². The van der Waals surface area contributed by atoms with Crippen LogP contribution in [0.25, 0.3) is 0 Å². The van der Waals surface area contributed by atoms with Crippen LogP contribution in [0.4, 0.5) is 4.79 Å². The maximum Gasteiger partial charge on any atom is 0.410 e. The van der Waals surface area contributed by atoms with E-state index in [-0.39, 0.29) is 12.2 Å². The molecule has 0 aliphatic carbocycles. The van der Waals surface area contributed by atoms with Gasteiger partial charge in [-0.25, -0.2) is 4.79 Å². The van der Waals surface area contributed by atoms with Crippen molar-refractivity contribution in [3.05, 3.63) is 63.6 Å². The van der Waals surface area contributed by atoms with Crippen LogP contribution in [0.3, 0.4) is 0 Å². The van der Waals surface area contributed by atoms with Gasteiger partial charge in [-0.15, -0.1) is 0 Å². The number of carbonyl (C=O) groups excluding carboxylic acids is 1. The number of amides is 1. The molecule has 2 aromatic rings. The fraction of sp³-hybridized carbons (Fsp3) is 0.316. The second kappa shape index (κ2) is 8.59. The largest absolute Gasteiger partial charge is 0.490 e. The molecule has 25 heavy (non-hydrogen) atoms. The summed E-state index contributed by atoms with van der Waals surface area (Å²) in [5.74, 6) is 0.740. The summed E-state index contributed by atoms with van der Waals surface area (Å²) in [6.45, 7) is 1.55. The van der Waals surface area contributed by atoms with Gasteiger partial charge in [0.15, 0.2) is 0 Å². The minimum Gasteiger partial charge on any atom is -0.490 e. The van der Waals surface area contributed by atoms with E-state index in [0.717, 1.165) is 28.6 Å². The summed E-state index contributed by atoms with van der Waals surface area (Å²) in [5.41, 5.74) is 0.987. The van der Waals surface area contributed by atoms with Crippen molar-refractivity contribution >= 4 is 33.6 Å². The van der Waals surface area contributed by atoms with Crippen molar-refractivity contribution in [2.24, 2.45) is 0 Å². The third kappa shape index (κ3) is 5.38. The van der Waals surface area contributed by atoms with Crippen molar-refractivity contribution in [1.29, 1.82) is 0 Å². The molecule has 0 spiro atoms. The van der Waals surface area contributed by atoms with Crippen LogP contribution in [-0.4, -0.2) is 30.2 Å². The molecule has 1 amide bonds. The number of halogens is 2. The highest BCUT2D eigenvalue weighted by Crippen LogP contribution is 2.27. The molecule has 0 unspecified atom stereocenters. The van der Waals surface area contributed by atoms with Crippen LogP contribution < -0.4 is 4.74 Å². The summed E-state index contributed by atoms with van der Waals surface area (Å²) in [5, 5.41) is 0.631. The van der Waals surface area contributed by atoms with Crippen LogP contribution >= 0.6 is 27.5 Å². The molecular weight excluding hydrogens is 406 g/mol. The molecule has 6 heteroatoms. The molecule has 0 atom stereocenters. The third-order valence-electron chi connectivity index (χ3n) is 4.04. The van der Waals surface area contributed by atoms with E-state index in [2.05, 4.69) is 15.9 Å². The summed E-state index contributed by atoms with van der Waals surface area (Å²) in [6, 6.07) is 15.2. The number of piperidine rings is 1. The number of carbonyl (C=O) groups is 1. The lowest BCUT2D eigenvalue weighted by Gasteiger charge is -2.31. The molecule has 1 aliphatic heterocycles. The Kier molecular flexibility index (Phi) is 6.21. The SMILES string of the molecule is O=C(OCc1ccccc1)N1CCC(Oc2cc(Cl)cc(Br)c2)CC1. The summed E-state index contributed by atoms with van der Waals surface area (Å²) >= 11 is 9.45. The van der Waals surface area contributed by atoms with Crippen LogP contribution in [0, 0.1) is 0 Å². The topological polar surface area (TPSA) is 38.8 Å². The number of benzene rings is 2. The molecule has 0 N–H and O–H groups in total. The lowest BCUT2D eigenvalue weighted by molar-refractivity contribution is 0.0638. The Morgan fingerprint density at radius 3 is 2.56 bits per heavy atom. The number of hydrogen-bond donors (Lipinski definition) is 0. The lowest BCUT2D eigenvalue weighted by atomic mass is 10.1. The molecular formula is C19H19BrClNO3. The monoisotopic (exact) mass is 423 g/mol. The highest BCUT2D eigenvalue weighted by atomic mass is 79.9. The van der Waals surface area contributed by atoms with Gasteiger partial charge < -0.3 is 14.4 Å². The normalized spacial score (nSPS) is 15.0. The van der Waals surface area contributed by atoms with Crippen molar-refractivity contribution in [3.8, 4) is 5.75 Å². The Morgan fingerprint density at radius 1 is 1.16 bits per heavy atom. The maximum absolute atomic E-state index is 12.2. The molecule has 0 bridgehead atoms. The predicted octanol–water partition coefficient (Wildman–Crippen LogP) is 5.28. The van der Waals surface area contributed by atoms with E-state index < -0.39 is 0 Å². The summed E-state index contributed by atoms with van der Waals surface area (Å²) < 4.78 is 12.2. The van der Waals surface area contributed by atoms with E-state index in [0.29, 0.717) is 24.7 Å². The molecule has 0 radical (unpaired) electrons. The number of likely N-dealkylation sites (tertiary alicyclic amines) is 1. The molecule has 1 heterocycles. The average Bonchev–Trinajstić information content (AvgIpc) is 2.60. The van der Waals surface area contributed by atoms with Crippen molar-refractivity contribution in [3.63, 3.8) is 0 Å². The first kappa shape index (κ1) is 18.1. The zero-order valence-electron chi connectivity index (χ0n) is 13.7. The van der Waals surface area contributed by atoms with Gasteiger partial charge in [-0.2, -0.15) is 0 Å². The Morgan fingerprint density at radius 2 is 1.88 bits per heavy atom. The highest BCUT2D eigenvalue weighted by molar-refractivity contribution is 9.10. The van der Waals surface area contributed by atoms with Crippen LogP contribution in [0.2, 0.25) is 5.02 Å². The zero-order valence-corrected chi connectivity index (χ0v) is 16.0. The van der Waals surface area contributed by atoms with Gasteiger partial charge in [0.05, 0.1) is 0 Å². The fourth-order valence-corrected chi connectivity index (χ4v) is 3.58. The highest BCUT2D eigenvalue weighted by Gasteiger charge is 2.25. The summed E-state index contributed by atoms with van der Waals surface area (Å²) in [4.78, 5) is 13.9. The van der Waals surface area contributed by atoms with Gasteiger partial charge in [-0.1, -0.05) is 57.9 Å². The number of ether oxygens (including phenoxy) is 2. The Balaban J connectivity index is 1.45. The Labute approximate surface area is 160 Å². The van der Waals surface area contributed by atoms with Crippen molar-refractivity contribution in [2.75, 3.05) is 13.1 Å². The minimum absolute atomic E-state index is 0.0727. The molecule has 0 saturated carbocycles. The van der Waals surface area contributed by atoms with Crippen LogP contribution in [0.15, 0.2) is 53.0 Å². The average molecular weight is 425 g/mol. The van der Waals surface area contributed by atoms with Crippen LogP contribution in [-0.2, 0) is 11.3 Å². The number of rotatable bonds is 4. The standard InChI is InChI=1S/C19H19BrClNO3/c20-15-10-16(21)12-18(11-15)25-17-6-8-22(9-7-17)19(23)24-13-14-4-2-1-3-5-14/h1-5,10-12,17H,6-9,13H2. The molecule has 4 nitrogen and oxygen atoms in total. The molecule has 132 valence electrons. The predicted molar refractivity (Wildman–Crippen MR) is 101 cm³/mol. The molecule has 1 fully saturated rings. The van der Waals surface area contributed by atoms with Gasteiger partial charge in [0.25, 0.3) is 0 Å². The van der Waals surface area contributed by atoms with Gasteiger partial charge in [0.1, 0.15) is 18.5 Å². The smallest absolute Gasteiger partial charge is 0.410 e. The van der Waals surface area contributed by atoms with Gasteiger partial charge in [-0.3, -0.25) is 0 Å². The van der Waals surface area contributed by atoms with E-state index >= 15 is 0 Å². The number of nitrogens with zero attached hydrogens (tertiary/aromatic N) is 1. The molecule has 1 aliphatic rings. The Hall–Kier alpha value is -1.72. The van der Waals surface area contributed by atoms with Gasteiger partial charge >= 0.3 is 6.09 Å². The first-order valence-electron chi connectivity index (χ1n) is 8.18. The first-order chi connectivity index (χ1) is 12.1. The molecule has 3 rings (SSSR count). The molecule has 0 aromatic heterocycles. The van der Waals surface area contributed by atoms with Gasteiger partial charge in [0.2, 0.25) is 0 Å². The quantitative estimate of drug-likeness (QED) is 0.670. The fourth-order valence-electron chi connectivity index (χ4n) is 2.76. The second-order valence-corrected chi connectivity index (χ2v) is 7.30. The molecule has 2 aromatic carbocycles. The van der Waals surface area contributed by atoms with Crippen molar-refractivity contribution in [1.82, 2.24) is 4.90 Å². The second-order valence-electron chi connectivity index (χ2n) is 5.95. The van der Waals surface area contributed by atoms with Gasteiger partial charge in [-0.05, 0) is 23.8 Å². The Bertz CT molecular complexity index is 698. The zero-order chi connectivity index (χ0) is 17.6. The van der Waals surface area contributed by atoms with Gasteiger partial charge in [0, 0.05) is 35.4 Å². The van der Waals surface area contributed by atoms with Crippen LogP contribution in [0.5, 0.6) is 5.75 Å². The van der Waals surface area contributed by atoms with E-state index in [1.54, 1.807) is 11.0 Å². The third-order valence-corrected chi connectivity index (χ3v) is 4.72. The molecule has 1 saturated heterocycles. The van der Waals surface area contributed by atoms with E-state index in [9.17, 15) is 4.79 Å². The van der Waals surface area contributed by atoms with Crippen LogP contribution in [0.1, 0.15) is 18.4 Å².